The van der Waals surface area contributed by atoms with E-state index in [2.05, 4.69) is 0 Å². The summed E-state index contributed by atoms with van der Waals surface area (Å²) in [6, 6.07) is 18.1. The number of hydrogen-bond donors (Lipinski definition) is 0. The van der Waals surface area contributed by atoms with Gasteiger partial charge >= 0.3 is 0 Å². The summed E-state index contributed by atoms with van der Waals surface area (Å²) in [5, 5.41) is 21.5. The fourth-order valence-corrected chi connectivity index (χ4v) is 2.52. The van der Waals surface area contributed by atoms with E-state index in [-0.39, 0.29) is 16.8 Å². The van der Waals surface area contributed by atoms with E-state index in [4.69, 9.17) is 5.26 Å². The van der Waals surface area contributed by atoms with Crippen LogP contribution in [0.25, 0.3) is 10.8 Å². The van der Waals surface area contributed by atoms with Crippen molar-refractivity contribution in [3.63, 3.8) is 0 Å². The highest BCUT2D eigenvalue weighted by Gasteiger charge is 2.24. The molecular formula is C18H10N2O3. The van der Waals surface area contributed by atoms with Crippen LogP contribution in [-0.2, 0) is 0 Å². The van der Waals surface area contributed by atoms with Crippen LogP contribution in [0.2, 0.25) is 0 Å². The maximum Gasteiger partial charge on any atom is 0.288 e. The van der Waals surface area contributed by atoms with Crippen LogP contribution >= 0.6 is 0 Å². The number of nitriles is 1. The second-order valence-electron chi connectivity index (χ2n) is 4.96. The molecule has 3 aromatic carbocycles. The lowest BCUT2D eigenvalue weighted by Crippen LogP contribution is -2.06. The normalized spacial score (nSPS) is 10.2. The number of nitrogens with zero attached hydrogens (tertiary/aromatic N) is 2. The Morgan fingerprint density at radius 2 is 1.83 bits per heavy atom. The van der Waals surface area contributed by atoms with E-state index < -0.39 is 10.7 Å². The molecule has 0 radical (unpaired) electrons. The average molecular weight is 302 g/mol. The molecular weight excluding hydrogens is 292 g/mol. The third-order valence-corrected chi connectivity index (χ3v) is 3.58. The predicted molar refractivity (Wildman–Crippen MR) is 85.2 cm³/mol. The predicted octanol–water partition coefficient (Wildman–Crippen LogP) is 3.85. The number of carbonyl (C=O) groups excluding carboxylic acids is 1. The number of fused-ring (bicyclic) bond motifs is 1. The molecule has 0 spiro atoms. The van der Waals surface area contributed by atoms with E-state index in [1.54, 1.807) is 48.5 Å². The van der Waals surface area contributed by atoms with Gasteiger partial charge in [-0.25, -0.2) is 0 Å². The van der Waals surface area contributed by atoms with Crippen molar-refractivity contribution in [2.45, 2.75) is 0 Å². The molecule has 23 heavy (non-hydrogen) atoms. The highest BCUT2D eigenvalue weighted by Crippen LogP contribution is 2.31. The fourth-order valence-electron chi connectivity index (χ4n) is 2.52. The molecule has 0 amide bonds. The second-order valence-corrected chi connectivity index (χ2v) is 4.96. The van der Waals surface area contributed by atoms with Crippen LogP contribution in [0.5, 0.6) is 0 Å². The number of rotatable bonds is 3. The van der Waals surface area contributed by atoms with E-state index in [0.717, 1.165) is 0 Å². The van der Waals surface area contributed by atoms with E-state index in [9.17, 15) is 14.9 Å². The molecule has 3 aromatic rings. The fraction of sp³-hybridized carbons (Fsp3) is 0. The van der Waals surface area contributed by atoms with Crippen LogP contribution in [0.4, 0.5) is 5.69 Å². The molecule has 0 N–H and O–H groups in total. The highest BCUT2D eigenvalue weighted by molar-refractivity contribution is 6.15. The third-order valence-electron chi connectivity index (χ3n) is 3.58. The number of nitro groups is 1. The molecule has 0 aliphatic carbocycles. The van der Waals surface area contributed by atoms with E-state index >= 15 is 0 Å². The van der Waals surface area contributed by atoms with Gasteiger partial charge in [0.05, 0.1) is 21.9 Å². The Bertz CT molecular complexity index is 987. The molecule has 0 aliphatic rings. The molecule has 0 fully saturated rings. The number of hydrogen-bond acceptors (Lipinski definition) is 4. The van der Waals surface area contributed by atoms with E-state index in [1.165, 1.54) is 12.1 Å². The van der Waals surface area contributed by atoms with Gasteiger partial charge in [-0.3, -0.25) is 14.9 Å². The van der Waals surface area contributed by atoms with Gasteiger partial charge in [-0.05, 0) is 29.7 Å². The lowest BCUT2D eigenvalue weighted by atomic mass is 9.97. The van der Waals surface area contributed by atoms with E-state index in [0.29, 0.717) is 16.3 Å². The standard InChI is InChI=1S/C18H10N2O3/c19-11-12-4-3-6-14(10-12)18(21)16-9-8-13-5-1-2-7-15(13)17(16)20(22)23/h1-10H. The minimum Gasteiger partial charge on any atom is -0.288 e. The van der Waals surface area contributed by atoms with Crippen LogP contribution < -0.4 is 0 Å². The molecule has 0 saturated carbocycles. The Hall–Kier alpha value is -3.52. The van der Waals surface area contributed by atoms with Crippen molar-refractivity contribution in [2.75, 3.05) is 0 Å². The Morgan fingerprint density at radius 1 is 1.04 bits per heavy atom. The van der Waals surface area contributed by atoms with Gasteiger partial charge in [0.1, 0.15) is 5.56 Å². The van der Waals surface area contributed by atoms with Crippen molar-refractivity contribution < 1.29 is 9.72 Å². The Balaban J connectivity index is 2.23. The van der Waals surface area contributed by atoms with Gasteiger partial charge in [0.2, 0.25) is 0 Å². The molecule has 0 aliphatic heterocycles. The Kier molecular flexibility index (Phi) is 3.57. The number of carbonyl (C=O) groups is 1. The SMILES string of the molecule is N#Cc1cccc(C(=O)c2ccc3ccccc3c2[N+](=O)[O-])c1. The first-order valence-corrected chi connectivity index (χ1v) is 6.83. The second kappa shape index (κ2) is 5.70. The number of nitro benzene ring substituents is 1. The van der Waals surface area contributed by atoms with Crippen molar-refractivity contribution in [2.24, 2.45) is 0 Å². The van der Waals surface area contributed by atoms with Gasteiger partial charge in [-0.2, -0.15) is 5.26 Å². The lowest BCUT2D eigenvalue weighted by Gasteiger charge is -2.06. The number of ketones is 1. The van der Waals surface area contributed by atoms with E-state index in [1.807, 2.05) is 6.07 Å². The molecule has 0 aromatic heterocycles. The number of benzene rings is 3. The summed E-state index contributed by atoms with van der Waals surface area (Å²) in [6.07, 6.45) is 0. The molecule has 0 heterocycles. The van der Waals surface area contributed by atoms with Crippen molar-refractivity contribution in [3.8, 4) is 6.07 Å². The zero-order chi connectivity index (χ0) is 16.4. The first-order valence-electron chi connectivity index (χ1n) is 6.83. The summed E-state index contributed by atoms with van der Waals surface area (Å²) in [6.45, 7) is 0. The zero-order valence-electron chi connectivity index (χ0n) is 11.9. The monoisotopic (exact) mass is 302 g/mol. The third kappa shape index (κ3) is 2.54. The Morgan fingerprint density at radius 3 is 2.57 bits per heavy atom. The molecule has 110 valence electrons. The van der Waals surface area contributed by atoms with Gasteiger partial charge in [0.15, 0.2) is 5.78 Å². The van der Waals surface area contributed by atoms with Gasteiger partial charge in [0.25, 0.3) is 5.69 Å². The van der Waals surface area contributed by atoms with Gasteiger partial charge in [0, 0.05) is 5.56 Å². The lowest BCUT2D eigenvalue weighted by molar-refractivity contribution is -0.383. The van der Waals surface area contributed by atoms with Crippen LogP contribution in [0.3, 0.4) is 0 Å². The largest absolute Gasteiger partial charge is 0.288 e. The maximum absolute atomic E-state index is 12.7. The van der Waals surface area contributed by atoms with Gasteiger partial charge in [-0.15, -0.1) is 0 Å². The summed E-state index contributed by atoms with van der Waals surface area (Å²) in [5.74, 6) is -0.473. The summed E-state index contributed by atoms with van der Waals surface area (Å²) >= 11 is 0. The first kappa shape index (κ1) is 14.4. The zero-order valence-corrected chi connectivity index (χ0v) is 11.9. The molecule has 0 saturated heterocycles. The minimum absolute atomic E-state index is 0.0174. The minimum atomic E-state index is -0.538. The topological polar surface area (TPSA) is 84.0 Å². The molecule has 3 rings (SSSR count). The van der Waals surface area contributed by atoms with Crippen LogP contribution in [0.15, 0.2) is 60.7 Å². The molecule has 0 unspecified atom stereocenters. The average Bonchev–Trinajstić information content (AvgIpc) is 2.59. The van der Waals surface area contributed by atoms with Crippen molar-refractivity contribution >= 4 is 22.2 Å². The van der Waals surface area contributed by atoms with Crippen molar-refractivity contribution in [1.29, 1.82) is 5.26 Å². The quantitative estimate of drug-likeness (QED) is 0.418. The van der Waals surface area contributed by atoms with Crippen LogP contribution in [0.1, 0.15) is 21.5 Å². The van der Waals surface area contributed by atoms with Gasteiger partial charge in [-0.1, -0.05) is 36.4 Å². The van der Waals surface area contributed by atoms with Gasteiger partial charge < -0.3 is 0 Å². The van der Waals surface area contributed by atoms with Crippen LogP contribution in [-0.4, -0.2) is 10.7 Å². The smallest absolute Gasteiger partial charge is 0.288 e. The first-order chi connectivity index (χ1) is 11.1. The molecule has 0 bridgehead atoms. The molecule has 5 heteroatoms. The summed E-state index contributed by atoms with van der Waals surface area (Å²) in [4.78, 5) is 23.6. The summed E-state index contributed by atoms with van der Waals surface area (Å²) in [5.41, 5.74) is 0.390. The van der Waals surface area contributed by atoms with Crippen molar-refractivity contribution in [1.82, 2.24) is 0 Å². The molecule has 5 nitrogen and oxygen atoms in total. The molecule has 0 atom stereocenters. The van der Waals surface area contributed by atoms with Crippen LogP contribution in [0, 0.1) is 21.4 Å². The maximum atomic E-state index is 12.7. The summed E-state index contributed by atoms with van der Waals surface area (Å²) in [7, 11) is 0. The van der Waals surface area contributed by atoms with Crippen molar-refractivity contribution in [3.05, 3.63) is 87.5 Å². The summed E-state index contributed by atoms with van der Waals surface area (Å²) < 4.78 is 0. The highest BCUT2D eigenvalue weighted by atomic mass is 16.6. The Labute approximate surface area is 131 Å².